The van der Waals surface area contributed by atoms with E-state index in [-0.39, 0.29) is 12.1 Å². The van der Waals surface area contributed by atoms with Crippen LogP contribution < -0.4 is 0 Å². The number of carbonyl (C=O) groups is 1. The van der Waals surface area contributed by atoms with Crippen LogP contribution in [0, 0.1) is 11.8 Å². The molecule has 3 aliphatic rings. The van der Waals surface area contributed by atoms with Gasteiger partial charge in [-0.25, -0.2) is 4.79 Å². The Morgan fingerprint density at radius 3 is 3.22 bits per heavy atom. The summed E-state index contributed by atoms with van der Waals surface area (Å²) in [4.78, 5) is 13.7. The second kappa shape index (κ2) is 4.63. The summed E-state index contributed by atoms with van der Waals surface area (Å²) in [5.41, 5.74) is 1.41. The Labute approximate surface area is 108 Å². The van der Waals surface area contributed by atoms with Gasteiger partial charge in [0.15, 0.2) is 0 Å². The molecular weight excluding hydrogens is 226 g/mol. The molecule has 0 bridgehead atoms. The number of nitrogens with zero attached hydrogens (tertiary/aromatic N) is 1. The number of allylic oxidation sites excluding steroid dienone is 4. The van der Waals surface area contributed by atoms with Gasteiger partial charge in [-0.1, -0.05) is 18.2 Å². The molecule has 1 saturated carbocycles. The van der Waals surface area contributed by atoms with Crippen LogP contribution in [0.3, 0.4) is 0 Å². The lowest BCUT2D eigenvalue weighted by Crippen LogP contribution is -2.44. The Morgan fingerprint density at radius 1 is 1.50 bits per heavy atom. The van der Waals surface area contributed by atoms with Crippen LogP contribution in [0.1, 0.15) is 26.2 Å². The van der Waals surface area contributed by atoms with Crippen LogP contribution in [0.4, 0.5) is 4.79 Å². The lowest BCUT2D eigenvalue weighted by molar-refractivity contribution is 0.105. The molecule has 0 spiro atoms. The van der Waals surface area contributed by atoms with Crippen molar-refractivity contribution >= 4 is 6.09 Å². The van der Waals surface area contributed by atoms with Gasteiger partial charge >= 0.3 is 6.09 Å². The monoisotopic (exact) mass is 245 g/mol. The molecule has 3 unspecified atom stereocenters. The molecule has 3 atom stereocenters. The molecule has 0 aromatic carbocycles. The van der Waals surface area contributed by atoms with Gasteiger partial charge in [0.05, 0.1) is 12.6 Å². The van der Waals surface area contributed by atoms with E-state index in [1.807, 2.05) is 19.2 Å². The van der Waals surface area contributed by atoms with Crippen molar-refractivity contribution in [1.82, 2.24) is 4.90 Å². The molecule has 3 heteroatoms. The molecule has 0 aromatic heterocycles. The lowest BCUT2D eigenvalue weighted by Gasteiger charge is -2.41. The van der Waals surface area contributed by atoms with Gasteiger partial charge in [-0.15, -0.1) is 0 Å². The molecule has 0 aromatic rings. The van der Waals surface area contributed by atoms with Crippen molar-refractivity contribution in [3.8, 4) is 0 Å². The number of fused-ring (bicyclic) bond motifs is 3. The summed E-state index contributed by atoms with van der Waals surface area (Å²) in [5.74, 6) is 1.29. The first-order chi connectivity index (χ1) is 8.81. The van der Waals surface area contributed by atoms with E-state index in [0.29, 0.717) is 18.4 Å². The zero-order valence-corrected chi connectivity index (χ0v) is 10.7. The third-order valence-electron chi connectivity index (χ3n) is 4.23. The third-order valence-corrected chi connectivity index (χ3v) is 4.23. The van der Waals surface area contributed by atoms with E-state index in [9.17, 15) is 4.79 Å². The van der Waals surface area contributed by atoms with Gasteiger partial charge in [-0.2, -0.15) is 0 Å². The van der Waals surface area contributed by atoms with Gasteiger partial charge in [0.25, 0.3) is 0 Å². The average molecular weight is 245 g/mol. The first kappa shape index (κ1) is 11.6. The minimum absolute atomic E-state index is 0.214. The van der Waals surface area contributed by atoms with Crippen LogP contribution in [-0.4, -0.2) is 23.6 Å². The van der Waals surface area contributed by atoms with Crippen LogP contribution in [0.2, 0.25) is 0 Å². The standard InChI is InChI=1S/C15H19NO2/c1-2-18-15(17)16-10-4-7-13-12-6-3-5-11(12)8-9-14(13)16/h3-5,7,10-12,14H,2,6,8-9H2,1H3. The van der Waals surface area contributed by atoms with Gasteiger partial charge in [-0.3, -0.25) is 4.90 Å². The molecule has 1 heterocycles. The summed E-state index contributed by atoms with van der Waals surface area (Å²) in [6.07, 6.45) is 13.8. The average Bonchev–Trinajstić information content (AvgIpc) is 2.86. The summed E-state index contributed by atoms with van der Waals surface area (Å²) in [6, 6.07) is 0.218. The molecule has 18 heavy (non-hydrogen) atoms. The lowest BCUT2D eigenvalue weighted by atomic mass is 9.73. The minimum atomic E-state index is -0.214. The Kier molecular flexibility index (Phi) is 2.98. The summed E-state index contributed by atoms with van der Waals surface area (Å²) in [7, 11) is 0. The van der Waals surface area contributed by atoms with Gasteiger partial charge in [0, 0.05) is 6.20 Å². The van der Waals surface area contributed by atoms with Gasteiger partial charge < -0.3 is 4.74 Å². The Morgan fingerprint density at radius 2 is 2.39 bits per heavy atom. The molecule has 0 saturated heterocycles. The van der Waals surface area contributed by atoms with Gasteiger partial charge in [0.2, 0.25) is 0 Å². The number of hydrogen-bond donors (Lipinski definition) is 0. The summed E-state index contributed by atoms with van der Waals surface area (Å²) in [5, 5.41) is 0. The molecule has 96 valence electrons. The molecule has 1 aliphatic heterocycles. The van der Waals surface area contributed by atoms with Crippen molar-refractivity contribution in [2.75, 3.05) is 6.61 Å². The zero-order valence-electron chi connectivity index (χ0n) is 10.7. The summed E-state index contributed by atoms with van der Waals surface area (Å²) in [6.45, 7) is 2.28. The zero-order chi connectivity index (χ0) is 12.5. The fraction of sp³-hybridized carbons (Fsp3) is 0.533. The summed E-state index contributed by atoms with van der Waals surface area (Å²) >= 11 is 0. The minimum Gasteiger partial charge on any atom is -0.449 e. The largest absolute Gasteiger partial charge is 0.449 e. The van der Waals surface area contributed by atoms with Crippen molar-refractivity contribution in [2.24, 2.45) is 11.8 Å². The van der Waals surface area contributed by atoms with E-state index in [4.69, 9.17) is 4.74 Å². The van der Waals surface area contributed by atoms with E-state index in [1.165, 1.54) is 12.0 Å². The second-order valence-electron chi connectivity index (χ2n) is 5.14. The summed E-state index contributed by atoms with van der Waals surface area (Å²) < 4.78 is 5.13. The predicted molar refractivity (Wildman–Crippen MR) is 69.8 cm³/mol. The predicted octanol–water partition coefficient (Wildman–Crippen LogP) is 3.25. The maximum absolute atomic E-state index is 12.0. The highest BCUT2D eigenvalue weighted by molar-refractivity contribution is 5.70. The van der Waals surface area contributed by atoms with E-state index in [2.05, 4.69) is 18.2 Å². The number of carbonyl (C=O) groups excluding carboxylic acids is 1. The highest BCUT2D eigenvalue weighted by Crippen LogP contribution is 2.44. The van der Waals surface area contributed by atoms with E-state index in [0.717, 1.165) is 12.8 Å². The van der Waals surface area contributed by atoms with Crippen LogP contribution in [0.5, 0.6) is 0 Å². The quantitative estimate of drug-likeness (QED) is 0.664. The molecule has 3 rings (SSSR count). The number of ether oxygens (including phenoxy) is 1. The van der Waals surface area contributed by atoms with Crippen LogP contribution >= 0.6 is 0 Å². The topological polar surface area (TPSA) is 29.5 Å². The van der Waals surface area contributed by atoms with Crippen molar-refractivity contribution in [1.29, 1.82) is 0 Å². The molecule has 2 aliphatic carbocycles. The molecule has 3 nitrogen and oxygen atoms in total. The van der Waals surface area contributed by atoms with Crippen molar-refractivity contribution in [2.45, 2.75) is 32.2 Å². The smallest absolute Gasteiger partial charge is 0.414 e. The molecule has 0 radical (unpaired) electrons. The van der Waals surface area contributed by atoms with Gasteiger partial charge in [0.1, 0.15) is 0 Å². The number of rotatable bonds is 1. The Bertz CT molecular complexity index is 436. The Hall–Kier alpha value is -1.51. The SMILES string of the molecule is CCOC(=O)N1C=CC=C2C3CC=CC3CCC21. The number of amides is 1. The van der Waals surface area contributed by atoms with E-state index in [1.54, 1.807) is 4.90 Å². The highest BCUT2D eigenvalue weighted by atomic mass is 16.6. The Balaban J connectivity index is 1.82. The fourth-order valence-corrected chi connectivity index (χ4v) is 3.42. The van der Waals surface area contributed by atoms with Crippen molar-refractivity contribution in [3.05, 3.63) is 36.1 Å². The molecular formula is C15H19NO2. The first-order valence-electron chi connectivity index (χ1n) is 6.81. The van der Waals surface area contributed by atoms with Crippen LogP contribution in [0.25, 0.3) is 0 Å². The van der Waals surface area contributed by atoms with E-state index < -0.39 is 0 Å². The van der Waals surface area contributed by atoms with E-state index >= 15 is 0 Å². The van der Waals surface area contributed by atoms with Crippen LogP contribution in [0.15, 0.2) is 36.1 Å². The maximum atomic E-state index is 12.0. The number of hydrogen-bond acceptors (Lipinski definition) is 2. The van der Waals surface area contributed by atoms with Crippen molar-refractivity contribution in [3.63, 3.8) is 0 Å². The molecule has 1 amide bonds. The first-order valence-corrected chi connectivity index (χ1v) is 6.81. The van der Waals surface area contributed by atoms with Gasteiger partial charge in [-0.05, 0) is 49.7 Å². The second-order valence-corrected chi connectivity index (χ2v) is 5.14. The van der Waals surface area contributed by atoms with Crippen molar-refractivity contribution < 1.29 is 9.53 Å². The van der Waals surface area contributed by atoms with Crippen LogP contribution in [-0.2, 0) is 4.74 Å². The third kappa shape index (κ3) is 1.78. The normalized spacial score (nSPS) is 32.8. The highest BCUT2D eigenvalue weighted by Gasteiger charge is 2.39. The fourth-order valence-electron chi connectivity index (χ4n) is 3.42. The maximum Gasteiger partial charge on any atom is 0.414 e. The molecule has 0 N–H and O–H groups in total. The molecule has 1 fully saturated rings.